The lowest BCUT2D eigenvalue weighted by Gasteiger charge is -2.34. The molecule has 3 rings (SSSR count). The Hall–Kier alpha value is -2.74. The average molecular weight is 404 g/mol. The lowest BCUT2D eigenvalue weighted by Crippen LogP contribution is -2.51. The number of fused-ring (bicyclic) bond motifs is 1. The van der Waals surface area contributed by atoms with Crippen LogP contribution in [0.5, 0.6) is 11.5 Å². The van der Waals surface area contributed by atoms with Gasteiger partial charge < -0.3 is 14.8 Å². The van der Waals surface area contributed by atoms with Crippen LogP contribution in [0.3, 0.4) is 0 Å². The molecule has 1 unspecified atom stereocenters. The van der Waals surface area contributed by atoms with Gasteiger partial charge >= 0.3 is 0 Å². The molecule has 28 heavy (non-hydrogen) atoms. The number of amides is 1. The van der Waals surface area contributed by atoms with Crippen molar-refractivity contribution in [1.29, 1.82) is 0 Å². The molecule has 1 aliphatic heterocycles. The van der Waals surface area contributed by atoms with Gasteiger partial charge in [-0.25, -0.2) is 8.42 Å². The van der Waals surface area contributed by atoms with E-state index < -0.39 is 16.1 Å². The molecule has 0 aromatic heterocycles. The van der Waals surface area contributed by atoms with Crippen LogP contribution in [-0.4, -0.2) is 46.4 Å². The normalized spacial score (nSPS) is 16.1. The van der Waals surface area contributed by atoms with E-state index in [0.717, 1.165) is 11.3 Å². The van der Waals surface area contributed by atoms with E-state index in [1.807, 2.05) is 24.3 Å². The first-order valence-corrected chi connectivity index (χ1v) is 10.7. The molecule has 1 atom stereocenters. The van der Waals surface area contributed by atoms with Gasteiger partial charge in [0, 0.05) is 6.54 Å². The highest BCUT2D eigenvalue weighted by Gasteiger charge is 2.35. The van der Waals surface area contributed by atoms with Crippen molar-refractivity contribution >= 4 is 21.6 Å². The van der Waals surface area contributed by atoms with Gasteiger partial charge in [0.15, 0.2) is 6.10 Å². The Labute approximate surface area is 165 Å². The number of nitrogens with zero attached hydrogens (tertiary/aromatic N) is 1. The van der Waals surface area contributed by atoms with E-state index in [1.165, 1.54) is 4.31 Å². The van der Waals surface area contributed by atoms with E-state index in [2.05, 4.69) is 5.32 Å². The maximum atomic E-state index is 12.6. The van der Waals surface area contributed by atoms with Crippen molar-refractivity contribution in [2.45, 2.75) is 19.4 Å². The molecule has 0 saturated heterocycles. The van der Waals surface area contributed by atoms with Crippen molar-refractivity contribution in [3.8, 4) is 11.5 Å². The Morgan fingerprint density at radius 2 is 1.93 bits per heavy atom. The molecule has 2 aromatic carbocycles. The topological polar surface area (TPSA) is 84.9 Å². The van der Waals surface area contributed by atoms with Crippen molar-refractivity contribution in [1.82, 2.24) is 5.32 Å². The minimum absolute atomic E-state index is 0.0401. The van der Waals surface area contributed by atoms with Crippen LogP contribution in [0.2, 0.25) is 0 Å². The zero-order chi connectivity index (χ0) is 20.1. The quantitative estimate of drug-likeness (QED) is 0.763. The molecule has 1 amide bonds. The van der Waals surface area contributed by atoms with Gasteiger partial charge in [-0.05, 0) is 43.2 Å². The predicted molar refractivity (Wildman–Crippen MR) is 107 cm³/mol. The van der Waals surface area contributed by atoms with Crippen molar-refractivity contribution in [3.05, 3.63) is 54.1 Å². The first-order chi connectivity index (χ1) is 13.4. The molecule has 150 valence electrons. The summed E-state index contributed by atoms with van der Waals surface area (Å²) in [5.41, 5.74) is 1.53. The van der Waals surface area contributed by atoms with E-state index in [0.29, 0.717) is 24.4 Å². The number of ether oxygens (including phenoxy) is 2. The molecule has 0 fully saturated rings. The minimum atomic E-state index is -3.51. The van der Waals surface area contributed by atoms with E-state index in [1.54, 1.807) is 38.3 Å². The summed E-state index contributed by atoms with van der Waals surface area (Å²) in [6, 6.07) is 14.5. The standard InChI is InChI=1S/C20H24N2O5S/c1-3-28(24,25)22-14-19(27-18-7-5-4-6-17(18)22)20(23)21-13-12-15-8-10-16(26-2)11-9-15/h4-11,19H,3,12-14H2,1-2H3,(H,21,23). The Morgan fingerprint density at radius 3 is 2.61 bits per heavy atom. The van der Waals surface area contributed by atoms with Crippen LogP contribution in [0, 0.1) is 0 Å². The SMILES string of the molecule is CCS(=O)(=O)N1CC(C(=O)NCCc2ccc(OC)cc2)Oc2ccccc21. The summed E-state index contributed by atoms with van der Waals surface area (Å²) in [6.07, 6.45) is -0.247. The predicted octanol–water partition coefficient (Wildman–Crippen LogP) is 1.97. The molecular formula is C20H24N2O5S. The third kappa shape index (κ3) is 4.39. The van der Waals surface area contributed by atoms with Crippen molar-refractivity contribution in [2.75, 3.05) is 30.3 Å². The smallest absolute Gasteiger partial charge is 0.263 e. The first kappa shape index (κ1) is 20.0. The summed E-state index contributed by atoms with van der Waals surface area (Å²) in [7, 11) is -1.90. The Bertz CT molecular complexity index is 928. The number of benzene rings is 2. The van der Waals surface area contributed by atoms with Crippen LogP contribution >= 0.6 is 0 Å². The van der Waals surface area contributed by atoms with Crippen LogP contribution in [0.25, 0.3) is 0 Å². The number of hydrogen-bond acceptors (Lipinski definition) is 5. The van der Waals surface area contributed by atoms with Gasteiger partial charge in [0.25, 0.3) is 5.91 Å². The molecule has 0 saturated carbocycles. The maximum Gasteiger partial charge on any atom is 0.263 e. The molecule has 1 aliphatic rings. The van der Waals surface area contributed by atoms with Gasteiger partial charge in [-0.3, -0.25) is 9.10 Å². The Balaban J connectivity index is 1.65. The number of methoxy groups -OCH3 is 1. The largest absolute Gasteiger partial charge is 0.497 e. The minimum Gasteiger partial charge on any atom is -0.497 e. The number of sulfonamides is 1. The monoisotopic (exact) mass is 404 g/mol. The molecule has 0 radical (unpaired) electrons. The van der Waals surface area contributed by atoms with Gasteiger partial charge in [0.05, 0.1) is 25.1 Å². The fraction of sp³-hybridized carbons (Fsp3) is 0.350. The molecule has 7 nitrogen and oxygen atoms in total. The number of anilines is 1. The number of carbonyl (C=O) groups is 1. The van der Waals surface area contributed by atoms with Gasteiger partial charge in [0.1, 0.15) is 11.5 Å². The Morgan fingerprint density at radius 1 is 1.21 bits per heavy atom. The third-order valence-corrected chi connectivity index (χ3v) is 6.35. The fourth-order valence-corrected chi connectivity index (χ4v) is 4.12. The molecule has 1 heterocycles. The molecule has 0 aliphatic carbocycles. The summed E-state index contributed by atoms with van der Waals surface area (Å²) in [5.74, 6) is 0.785. The molecular weight excluding hydrogens is 380 g/mol. The van der Waals surface area contributed by atoms with Gasteiger partial charge in [-0.15, -0.1) is 0 Å². The lowest BCUT2D eigenvalue weighted by molar-refractivity contribution is -0.127. The summed E-state index contributed by atoms with van der Waals surface area (Å²) in [4.78, 5) is 12.6. The number of rotatable bonds is 7. The van der Waals surface area contributed by atoms with Crippen molar-refractivity contribution in [3.63, 3.8) is 0 Å². The summed E-state index contributed by atoms with van der Waals surface area (Å²) >= 11 is 0. The second-order valence-electron chi connectivity index (χ2n) is 6.39. The molecule has 0 spiro atoms. The molecule has 1 N–H and O–H groups in total. The van der Waals surface area contributed by atoms with Gasteiger partial charge in [-0.2, -0.15) is 0 Å². The summed E-state index contributed by atoms with van der Waals surface area (Å²) in [6.45, 7) is 1.96. The number of hydrogen-bond donors (Lipinski definition) is 1. The highest BCUT2D eigenvalue weighted by molar-refractivity contribution is 7.92. The molecule has 8 heteroatoms. The first-order valence-electron chi connectivity index (χ1n) is 9.11. The van der Waals surface area contributed by atoms with Gasteiger partial charge in [0.2, 0.25) is 10.0 Å². The molecule has 2 aromatic rings. The van der Waals surface area contributed by atoms with E-state index in [9.17, 15) is 13.2 Å². The summed E-state index contributed by atoms with van der Waals surface area (Å²) < 4.78 is 37.1. The van der Waals surface area contributed by atoms with E-state index in [-0.39, 0.29) is 18.2 Å². The summed E-state index contributed by atoms with van der Waals surface area (Å²) in [5, 5.41) is 2.83. The third-order valence-electron chi connectivity index (χ3n) is 4.60. The van der Waals surface area contributed by atoms with Crippen LogP contribution in [0.1, 0.15) is 12.5 Å². The fourth-order valence-electron chi connectivity index (χ4n) is 2.99. The van der Waals surface area contributed by atoms with Crippen molar-refractivity contribution in [2.24, 2.45) is 0 Å². The van der Waals surface area contributed by atoms with E-state index in [4.69, 9.17) is 9.47 Å². The highest BCUT2D eigenvalue weighted by Crippen LogP contribution is 2.35. The van der Waals surface area contributed by atoms with Crippen LogP contribution in [0.4, 0.5) is 5.69 Å². The number of carbonyl (C=O) groups excluding carboxylic acids is 1. The number of nitrogens with one attached hydrogen (secondary N) is 1. The second-order valence-corrected chi connectivity index (χ2v) is 8.58. The van der Waals surface area contributed by atoms with Gasteiger partial charge in [-0.1, -0.05) is 24.3 Å². The molecule has 0 bridgehead atoms. The van der Waals surface area contributed by atoms with E-state index >= 15 is 0 Å². The van der Waals surface area contributed by atoms with Crippen LogP contribution < -0.4 is 19.1 Å². The highest BCUT2D eigenvalue weighted by atomic mass is 32.2. The van der Waals surface area contributed by atoms with Crippen molar-refractivity contribution < 1.29 is 22.7 Å². The van der Waals surface area contributed by atoms with Crippen LogP contribution in [0.15, 0.2) is 48.5 Å². The second kappa shape index (κ2) is 8.52. The number of para-hydroxylation sites is 2. The lowest BCUT2D eigenvalue weighted by atomic mass is 10.1. The maximum absolute atomic E-state index is 12.6. The zero-order valence-corrected chi connectivity index (χ0v) is 16.7. The average Bonchev–Trinajstić information content (AvgIpc) is 2.73. The van der Waals surface area contributed by atoms with Crippen LogP contribution in [-0.2, 0) is 21.2 Å². The zero-order valence-electron chi connectivity index (χ0n) is 15.9. The Kier molecular flexibility index (Phi) is 6.08.